The first-order valence-electron chi connectivity index (χ1n) is 10.2. The number of carbonyl (C=O) groups excluding carboxylic acids is 2. The highest BCUT2D eigenvalue weighted by Gasteiger charge is 2.27. The molecule has 0 spiro atoms. The van der Waals surface area contributed by atoms with Gasteiger partial charge in [-0.1, -0.05) is 18.2 Å². The van der Waals surface area contributed by atoms with E-state index < -0.39 is 5.97 Å². The van der Waals surface area contributed by atoms with Gasteiger partial charge in [0, 0.05) is 49.7 Å². The van der Waals surface area contributed by atoms with Crippen molar-refractivity contribution in [3.8, 4) is 0 Å². The number of benzene rings is 1. The van der Waals surface area contributed by atoms with Crippen molar-refractivity contribution >= 4 is 28.7 Å². The first-order valence-corrected chi connectivity index (χ1v) is 10.2. The molecule has 7 nitrogen and oxygen atoms in total. The molecule has 3 rings (SSSR count). The van der Waals surface area contributed by atoms with Gasteiger partial charge in [-0.3, -0.25) is 14.4 Å². The minimum absolute atomic E-state index is 0.0808. The van der Waals surface area contributed by atoms with Crippen LogP contribution in [-0.2, 0) is 27.3 Å². The Morgan fingerprint density at radius 2 is 1.93 bits per heavy atom. The molecule has 2 amide bonds. The van der Waals surface area contributed by atoms with Crippen LogP contribution in [0.2, 0.25) is 0 Å². The van der Waals surface area contributed by atoms with Crippen molar-refractivity contribution in [1.82, 2.24) is 14.4 Å². The Hall–Kier alpha value is -2.83. The van der Waals surface area contributed by atoms with Gasteiger partial charge in [0.25, 0.3) is 0 Å². The van der Waals surface area contributed by atoms with Crippen molar-refractivity contribution in [3.63, 3.8) is 0 Å². The van der Waals surface area contributed by atoms with Gasteiger partial charge in [0.15, 0.2) is 0 Å². The number of carbonyl (C=O) groups is 3. The maximum absolute atomic E-state index is 13.0. The van der Waals surface area contributed by atoms with Gasteiger partial charge in [0.05, 0.1) is 6.42 Å². The summed E-state index contributed by atoms with van der Waals surface area (Å²) in [5.41, 5.74) is 2.17. The van der Waals surface area contributed by atoms with Crippen LogP contribution in [0.4, 0.5) is 0 Å². The molecular weight excluding hydrogens is 370 g/mol. The van der Waals surface area contributed by atoms with Crippen molar-refractivity contribution in [2.24, 2.45) is 0 Å². The summed E-state index contributed by atoms with van der Waals surface area (Å²) in [5.74, 6) is -1.16. The topological polar surface area (TPSA) is 82.8 Å². The van der Waals surface area contributed by atoms with Gasteiger partial charge in [0.2, 0.25) is 11.8 Å². The number of para-hydroxylation sites is 1. The molecule has 1 fully saturated rings. The third-order valence-corrected chi connectivity index (χ3v) is 5.75. The van der Waals surface area contributed by atoms with Gasteiger partial charge < -0.3 is 19.5 Å². The summed E-state index contributed by atoms with van der Waals surface area (Å²) in [5, 5.41) is 10.2. The highest BCUT2D eigenvalue weighted by molar-refractivity contribution is 5.89. The molecule has 2 aromatic rings. The SMILES string of the molecule is CCn1cc(CC(=O)N2CCCC(N(CC(=O)O)C(C)=O)CC2)c2ccccc21. The van der Waals surface area contributed by atoms with E-state index in [1.807, 2.05) is 17.0 Å². The number of aromatic nitrogens is 1. The summed E-state index contributed by atoms with van der Waals surface area (Å²) < 4.78 is 2.16. The fourth-order valence-corrected chi connectivity index (χ4v) is 4.28. The third kappa shape index (κ3) is 4.78. The lowest BCUT2D eigenvalue weighted by Crippen LogP contribution is -2.43. The van der Waals surface area contributed by atoms with Gasteiger partial charge >= 0.3 is 5.97 Å². The van der Waals surface area contributed by atoms with Gasteiger partial charge in [-0.25, -0.2) is 0 Å². The van der Waals surface area contributed by atoms with Crippen LogP contribution < -0.4 is 0 Å². The van der Waals surface area contributed by atoms with E-state index in [0.29, 0.717) is 32.4 Å². The van der Waals surface area contributed by atoms with Crippen LogP contribution in [0.5, 0.6) is 0 Å². The summed E-state index contributed by atoms with van der Waals surface area (Å²) in [6.07, 6.45) is 4.49. The van der Waals surface area contributed by atoms with Crippen LogP contribution in [-0.4, -0.2) is 62.9 Å². The lowest BCUT2D eigenvalue weighted by molar-refractivity contribution is -0.145. The fraction of sp³-hybridized carbons (Fsp3) is 0.500. The monoisotopic (exact) mass is 399 g/mol. The fourth-order valence-electron chi connectivity index (χ4n) is 4.28. The number of aliphatic carboxylic acids is 1. The number of hydrogen-bond donors (Lipinski definition) is 1. The summed E-state index contributed by atoms with van der Waals surface area (Å²) in [6.45, 7) is 5.24. The number of likely N-dealkylation sites (tertiary alicyclic amines) is 1. The Labute approximate surface area is 170 Å². The highest BCUT2D eigenvalue weighted by Crippen LogP contribution is 2.23. The number of nitrogens with zero attached hydrogens (tertiary/aromatic N) is 3. The molecule has 1 N–H and O–H groups in total. The number of rotatable bonds is 6. The molecule has 29 heavy (non-hydrogen) atoms. The number of fused-ring (bicyclic) bond motifs is 1. The Morgan fingerprint density at radius 1 is 1.17 bits per heavy atom. The number of carboxylic acid groups (broad SMARTS) is 1. The normalized spacial score (nSPS) is 17.2. The molecule has 156 valence electrons. The van der Waals surface area contributed by atoms with E-state index in [2.05, 4.69) is 29.8 Å². The molecule has 0 radical (unpaired) electrons. The molecule has 1 saturated heterocycles. The van der Waals surface area contributed by atoms with Gasteiger partial charge in [0.1, 0.15) is 6.54 Å². The molecule has 0 aliphatic carbocycles. The zero-order chi connectivity index (χ0) is 21.0. The molecule has 1 unspecified atom stereocenters. The molecule has 0 bridgehead atoms. The predicted octanol–water partition coefficient (Wildman–Crippen LogP) is 2.52. The van der Waals surface area contributed by atoms with E-state index in [9.17, 15) is 14.4 Å². The van der Waals surface area contributed by atoms with E-state index in [1.54, 1.807) is 0 Å². The number of hydrogen-bond acceptors (Lipinski definition) is 3. The van der Waals surface area contributed by atoms with Crippen LogP contribution in [0, 0.1) is 0 Å². The van der Waals surface area contributed by atoms with Crippen LogP contribution >= 0.6 is 0 Å². The molecule has 0 saturated carbocycles. The second-order valence-corrected chi connectivity index (χ2v) is 7.64. The quantitative estimate of drug-likeness (QED) is 0.809. The maximum Gasteiger partial charge on any atom is 0.323 e. The number of amides is 2. The first-order chi connectivity index (χ1) is 13.9. The zero-order valence-corrected chi connectivity index (χ0v) is 17.1. The third-order valence-electron chi connectivity index (χ3n) is 5.75. The maximum atomic E-state index is 13.0. The lowest BCUT2D eigenvalue weighted by atomic mass is 10.1. The Kier molecular flexibility index (Phi) is 6.56. The molecular formula is C22H29N3O4. The summed E-state index contributed by atoms with van der Waals surface area (Å²) in [6, 6.07) is 7.99. The first kappa shape index (κ1) is 20.9. The van der Waals surface area contributed by atoms with E-state index in [-0.39, 0.29) is 24.4 Å². The minimum atomic E-state index is -1.01. The number of aryl methyl sites for hydroxylation is 1. The molecule has 7 heteroatoms. The van der Waals surface area contributed by atoms with Gasteiger partial charge in [-0.2, -0.15) is 0 Å². The summed E-state index contributed by atoms with van der Waals surface area (Å²) in [4.78, 5) is 39.2. The van der Waals surface area contributed by atoms with Crippen molar-refractivity contribution < 1.29 is 19.5 Å². The average Bonchev–Trinajstić information content (AvgIpc) is 2.87. The predicted molar refractivity (Wildman–Crippen MR) is 111 cm³/mol. The van der Waals surface area contributed by atoms with Gasteiger partial charge in [-0.05, 0) is 37.8 Å². The van der Waals surface area contributed by atoms with Crippen LogP contribution in [0.15, 0.2) is 30.5 Å². The Bertz CT molecular complexity index is 905. The van der Waals surface area contributed by atoms with E-state index in [4.69, 9.17) is 5.11 Å². The van der Waals surface area contributed by atoms with Crippen LogP contribution in [0.3, 0.4) is 0 Å². The minimum Gasteiger partial charge on any atom is -0.480 e. The second kappa shape index (κ2) is 9.11. The molecule has 1 aliphatic heterocycles. The molecule has 2 heterocycles. The van der Waals surface area contributed by atoms with Crippen molar-refractivity contribution in [1.29, 1.82) is 0 Å². The van der Waals surface area contributed by atoms with Crippen LogP contribution in [0.25, 0.3) is 10.9 Å². The lowest BCUT2D eigenvalue weighted by Gasteiger charge is -2.28. The molecule has 1 aromatic carbocycles. The van der Waals surface area contributed by atoms with E-state index in [0.717, 1.165) is 29.4 Å². The van der Waals surface area contributed by atoms with Crippen molar-refractivity contribution in [3.05, 3.63) is 36.0 Å². The highest BCUT2D eigenvalue weighted by atomic mass is 16.4. The molecule has 1 aromatic heterocycles. The van der Waals surface area contributed by atoms with E-state index >= 15 is 0 Å². The van der Waals surface area contributed by atoms with E-state index in [1.165, 1.54) is 11.8 Å². The van der Waals surface area contributed by atoms with Gasteiger partial charge in [-0.15, -0.1) is 0 Å². The number of carboxylic acids is 1. The summed E-state index contributed by atoms with van der Waals surface area (Å²) >= 11 is 0. The Morgan fingerprint density at radius 3 is 2.62 bits per heavy atom. The van der Waals surface area contributed by atoms with Crippen molar-refractivity contribution in [2.45, 2.75) is 52.1 Å². The largest absolute Gasteiger partial charge is 0.480 e. The second-order valence-electron chi connectivity index (χ2n) is 7.64. The molecule has 1 aliphatic rings. The Balaban J connectivity index is 1.68. The average molecular weight is 399 g/mol. The van der Waals surface area contributed by atoms with Crippen LogP contribution in [0.1, 0.15) is 38.7 Å². The molecule has 1 atom stereocenters. The summed E-state index contributed by atoms with van der Waals surface area (Å²) in [7, 11) is 0. The van der Waals surface area contributed by atoms with Crippen molar-refractivity contribution in [2.75, 3.05) is 19.6 Å². The smallest absolute Gasteiger partial charge is 0.323 e. The zero-order valence-electron chi connectivity index (χ0n) is 17.1. The standard InChI is InChI=1S/C22H29N3O4/c1-3-23-14-17(19-8-4-5-9-20(19)23)13-21(27)24-11-6-7-18(10-12-24)25(16(2)26)15-22(28)29/h4-5,8-9,14,18H,3,6-7,10-13,15H2,1-2H3,(H,28,29).